The van der Waals surface area contributed by atoms with Crippen LogP contribution in [0.2, 0.25) is 0 Å². The summed E-state index contributed by atoms with van der Waals surface area (Å²) in [7, 11) is 3.16. The van der Waals surface area contributed by atoms with Crippen molar-refractivity contribution < 1.29 is 9.47 Å². The van der Waals surface area contributed by atoms with E-state index in [2.05, 4.69) is 4.98 Å². The molecule has 4 nitrogen and oxygen atoms in total. The Balaban J connectivity index is 2.52. The normalized spacial score (nSPS) is 10.3. The zero-order valence-corrected chi connectivity index (χ0v) is 11.5. The van der Waals surface area contributed by atoms with Crippen LogP contribution in [-0.2, 0) is 5.88 Å². The first-order chi connectivity index (χ1) is 9.19. The maximum atomic E-state index is 11.8. The molecule has 0 unspecified atom stereocenters. The number of hydrogen-bond acceptors (Lipinski definition) is 3. The van der Waals surface area contributed by atoms with Crippen LogP contribution in [0.5, 0.6) is 11.5 Å². The van der Waals surface area contributed by atoms with E-state index in [1.165, 1.54) is 0 Å². The molecular formula is C14H14ClNO3. The number of nitrogens with one attached hydrogen (secondary N) is 1. The number of rotatable bonds is 4. The van der Waals surface area contributed by atoms with E-state index in [9.17, 15) is 4.79 Å². The third-order valence-corrected chi connectivity index (χ3v) is 3.12. The molecule has 2 rings (SSSR count). The summed E-state index contributed by atoms with van der Waals surface area (Å²) in [5, 5.41) is 0. The van der Waals surface area contributed by atoms with E-state index in [4.69, 9.17) is 21.1 Å². The maximum Gasteiger partial charge on any atom is 0.252 e. The fourth-order valence-electron chi connectivity index (χ4n) is 1.79. The molecule has 2 aromatic rings. The molecule has 19 heavy (non-hydrogen) atoms. The molecule has 1 aromatic heterocycles. The monoisotopic (exact) mass is 279 g/mol. The first-order valence-electron chi connectivity index (χ1n) is 5.70. The number of hydrogen-bond donors (Lipinski definition) is 1. The van der Waals surface area contributed by atoms with Crippen LogP contribution in [0.15, 0.2) is 35.1 Å². The number of halogens is 1. The van der Waals surface area contributed by atoms with Gasteiger partial charge in [0, 0.05) is 17.2 Å². The second kappa shape index (κ2) is 5.80. The van der Waals surface area contributed by atoms with Gasteiger partial charge in [-0.2, -0.15) is 0 Å². The van der Waals surface area contributed by atoms with Gasteiger partial charge >= 0.3 is 0 Å². The predicted octanol–water partition coefficient (Wildman–Crippen LogP) is 2.80. The Morgan fingerprint density at radius 1 is 1.16 bits per heavy atom. The number of pyridine rings is 1. The number of aromatic nitrogens is 1. The summed E-state index contributed by atoms with van der Waals surface area (Å²) in [5.74, 6) is 1.52. The topological polar surface area (TPSA) is 51.3 Å². The molecule has 0 saturated heterocycles. The Hall–Kier alpha value is -1.94. The number of ether oxygens (including phenoxy) is 2. The average molecular weight is 280 g/mol. The fraction of sp³-hybridized carbons (Fsp3) is 0.214. The lowest BCUT2D eigenvalue weighted by Gasteiger charge is -2.10. The first kappa shape index (κ1) is 13.5. The van der Waals surface area contributed by atoms with E-state index < -0.39 is 0 Å². The molecule has 0 fully saturated rings. The zero-order chi connectivity index (χ0) is 13.8. The molecule has 0 spiro atoms. The van der Waals surface area contributed by atoms with Crippen LogP contribution in [-0.4, -0.2) is 19.2 Å². The molecule has 1 heterocycles. The summed E-state index contributed by atoms with van der Waals surface area (Å²) in [6.07, 6.45) is 0. The van der Waals surface area contributed by atoms with Gasteiger partial charge in [0.25, 0.3) is 5.56 Å². The van der Waals surface area contributed by atoms with E-state index >= 15 is 0 Å². The van der Waals surface area contributed by atoms with Gasteiger partial charge in [0.1, 0.15) is 11.5 Å². The van der Waals surface area contributed by atoms with Gasteiger partial charge in [0.05, 0.1) is 25.8 Å². The molecule has 5 heteroatoms. The lowest BCUT2D eigenvalue weighted by molar-refractivity contribution is 0.395. The number of methoxy groups -OCH3 is 2. The van der Waals surface area contributed by atoms with E-state index in [0.717, 1.165) is 5.56 Å². The Kier molecular flexibility index (Phi) is 4.12. The minimum Gasteiger partial charge on any atom is -0.497 e. The Morgan fingerprint density at radius 3 is 2.53 bits per heavy atom. The van der Waals surface area contributed by atoms with Gasteiger partial charge in [-0.1, -0.05) is 6.07 Å². The summed E-state index contributed by atoms with van der Waals surface area (Å²) in [6.45, 7) is 0. The summed E-state index contributed by atoms with van der Waals surface area (Å²) < 4.78 is 10.4. The average Bonchev–Trinajstić information content (AvgIpc) is 2.46. The van der Waals surface area contributed by atoms with Crippen LogP contribution in [0.1, 0.15) is 5.56 Å². The van der Waals surface area contributed by atoms with Crippen molar-refractivity contribution in [3.05, 3.63) is 46.2 Å². The highest BCUT2D eigenvalue weighted by molar-refractivity contribution is 6.17. The van der Waals surface area contributed by atoms with E-state index in [-0.39, 0.29) is 11.4 Å². The fourth-order valence-corrected chi connectivity index (χ4v) is 2.00. The highest BCUT2D eigenvalue weighted by atomic mass is 35.5. The number of benzene rings is 1. The van der Waals surface area contributed by atoms with Crippen LogP contribution in [0.25, 0.3) is 11.3 Å². The van der Waals surface area contributed by atoms with Crippen molar-refractivity contribution in [3.63, 3.8) is 0 Å². The lowest BCUT2D eigenvalue weighted by atomic mass is 10.1. The molecule has 1 aromatic carbocycles. The molecule has 0 aliphatic carbocycles. The van der Waals surface area contributed by atoms with Gasteiger partial charge < -0.3 is 14.5 Å². The van der Waals surface area contributed by atoms with Crippen LogP contribution >= 0.6 is 11.6 Å². The number of H-pyrrole nitrogens is 1. The van der Waals surface area contributed by atoms with Crippen molar-refractivity contribution >= 4 is 11.6 Å². The predicted molar refractivity (Wildman–Crippen MR) is 75.2 cm³/mol. The quantitative estimate of drug-likeness (QED) is 0.876. The standard InChI is InChI=1S/C14H14ClNO3/c1-18-10-4-5-11(13(7-10)19-2)12-6-3-9(8-15)14(17)16-12/h3-7H,8H2,1-2H3,(H,16,17). The largest absolute Gasteiger partial charge is 0.497 e. The van der Waals surface area contributed by atoms with Gasteiger partial charge in [-0.15, -0.1) is 11.6 Å². The molecule has 1 N–H and O–H groups in total. The molecule has 0 aliphatic heterocycles. The molecule has 100 valence electrons. The summed E-state index contributed by atoms with van der Waals surface area (Å²) in [5.41, 5.74) is 1.82. The molecule has 0 atom stereocenters. The van der Waals surface area contributed by atoms with Crippen molar-refractivity contribution in [2.45, 2.75) is 5.88 Å². The smallest absolute Gasteiger partial charge is 0.252 e. The van der Waals surface area contributed by atoms with Gasteiger partial charge in [-0.3, -0.25) is 4.79 Å². The van der Waals surface area contributed by atoms with E-state index in [0.29, 0.717) is 22.8 Å². The van der Waals surface area contributed by atoms with Crippen LogP contribution in [0.3, 0.4) is 0 Å². The van der Waals surface area contributed by atoms with Crippen LogP contribution < -0.4 is 15.0 Å². The van der Waals surface area contributed by atoms with Crippen molar-refractivity contribution in [2.24, 2.45) is 0 Å². The van der Waals surface area contributed by atoms with E-state index in [1.807, 2.05) is 18.2 Å². The van der Waals surface area contributed by atoms with E-state index in [1.54, 1.807) is 26.4 Å². The Bertz CT molecular complexity index is 637. The highest BCUT2D eigenvalue weighted by Gasteiger charge is 2.09. The van der Waals surface area contributed by atoms with Gasteiger partial charge in [0.15, 0.2) is 0 Å². The van der Waals surface area contributed by atoms with Gasteiger partial charge in [-0.05, 0) is 18.2 Å². The number of alkyl halides is 1. The van der Waals surface area contributed by atoms with Crippen LogP contribution in [0, 0.1) is 0 Å². The zero-order valence-electron chi connectivity index (χ0n) is 10.7. The molecule has 0 bridgehead atoms. The molecule has 0 saturated carbocycles. The summed E-state index contributed by atoms with van der Waals surface area (Å²) in [4.78, 5) is 14.6. The maximum absolute atomic E-state index is 11.8. The molecular weight excluding hydrogens is 266 g/mol. The summed E-state index contributed by atoms with van der Waals surface area (Å²) in [6, 6.07) is 8.94. The molecule has 0 aliphatic rings. The van der Waals surface area contributed by atoms with Crippen molar-refractivity contribution in [2.75, 3.05) is 14.2 Å². The minimum absolute atomic E-state index is 0.189. The van der Waals surface area contributed by atoms with Gasteiger partial charge in [-0.25, -0.2) is 0 Å². The third-order valence-electron chi connectivity index (χ3n) is 2.83. The third kappa shape index (κ3) is 2.74. The second-order valence-electron chi connectivity index (χ2n) is 3.93. The molecule has 0 radical (unpaired) electrons. The van der Waals surface area contributed by atoms with Crippen LogP contribution in [0.4, 0.5) is 0 Å². The van der Waals surface area contributed by atoms with Crippen molar-refractivity contribution in [1.82, 2.24) is 4.98 Å². The van der Waals surface area contributed by atoms with Gasteiger partial charge in [0.2, 0.25) is 0 Å². The van der Waals surface area contributed by atoms with Crippen molar-refractivity contribution in [1.29, 1.82) is 0 Å². The first-order valence-corrected chi connectivity index (χ1v) is 6.23. The highest BCUT2D eigenvalue weighted by Crippen LogP contribution is 2.31. The number of aromatic amines is 1. The Labute approximate surface area is 115 Å². The summed E-state index contributed by atoms with van der Waals surface area (Å²) >= 11 is 5.67. The Morgan fingerprint density at radius 2 is 1.95 bits per heavy atom. The SMILES string of the molecule is COc1ccc(-c2ccc(CCl)c(=O)[nH]2)c(OC)c1. The second-order valence-corrected chi connectivity index (χ2v) is 4.19. The molecule has 0 amide bonds. The minimum atomic E-state index is -0.189. The van der Waals surface area contributed by atoms with Crippen molar-refractivity contribution in [3.8, 4) is 22.8 Å². The lowest BCUT2D eigenvalue weighted by Crippen LogP contribution is -2.11.